The van der Waals surface area contributed by atoms with E-state index in [0.29, 0.717) is 24.8 Å². The van der Waals surface area contributed by atoms with Gasteiger partial charge in [0.25, 0.3) is 0 Å². The van der Waals surface area contributed by atoms with Crippen molar-refractivity contribution in [2.45, 2.75) is 44.6 Å². The first-order valence-corrected chi connectivity index (χ1v) is 11.2. The zero-order valence-electron chi connectivity index (χ0n) is 18.4. The predicted molar refractivity (Wildman–Crippen MR) is 109 cm³/mol. The van der Waals surface area contributed by atoms with Gasteiger partial charge in [0.2, 0.25) is 5.91 Å². The summed E-state index contributed by atoms with van der Waals surface area (Å²) in [5, 5.41) is 3.04. The van der Waals surface area contributed by atoms with E-state index in [-0.39, 0.29) is 11.9 Å². The molecule has 1 aliphatic heterocycles. The van der Waals surface area contributed by atoms with E-state index in [9.17, 15) is 14.4 Å². The lowest BCUT2D eigenvalue weighted by Crippen LogP contribution is -2.62. The number of hydrogen-bond donors (Lipinski definition) is 1. The van der Waals surface area contributed by atoms with Crippen LogP contribution in [0.3, 0.4) is 0 Å². The smallest absolute Gasteiger partial charge is 0.329 e. The summed E-state index contributed by atoms with van der Waals surface area (Å²) in [6, 6.07) is -0.687. The monoisotopic (exact) mass is 421 g/mol. The number of rotatable bonds is 6. The number of carbonyl (C=O) groups excluding carboxylic acids is 3. The number of piperazine rings is 1. The zero-order chi connectivity index (χ0) is 21.5. The summed E-state index contributed by atoms with van der Waals surface area (Å²) < 4.78 is 10.2. The summed E-state index contributed by atoms with van der Waals surface area (Å²) in [5.74, 6) is 0.0930. The van der Waals surface area contributed by atoms with E-state index in [1.54, 1.807) is 0 Å². The molecule has 0 radical (unpaired) electrons. The maximum atomic E-state index is 13.6. The molecule has 5 rings (SSSR count). The Balaban J connectivity index is 1.49. The molecule has 3 unspecified atom stereocenters. The summed E-state index contributed by atoms with van der Waals surface area (Å²) in [6.45, 7) is 4.06. The van der Waals surface area contributed by atoms with Gasteiger partial charge in [-0.2, -0.15) is 0 Å². The van der Waals surface area contributed by atoms with Gasteiger partial charge in [-0.1, -0.05) is 0 Å². The van der Waals surface area contributed by atoms with Gasteiger partial charge in [-0.25, -0.2) is 4.79 Å². The van der Waals surface area contributed by atoms with E-state index in [2.05, 4.69) is 22.2 Å². The number of esters is 2. The molecule has 8 nitrogen and oxygen atoms in total. The minimum Gasteiger partial charge on any atom is -0.469 e. The fourth-order valence-electron chi connectivity index (χ4n) is 6.90. The maximum Gasteiger partial charge on any atom is 0.329 e. The van der Waals surface area contributed by atoms with Crippen molar-refractivity contribution in [2.75, 3.05) is 54.0 Å². The van der Waals surface area contributed by atoms with Crippen LogP contribution < -0.4 is 5.32 Å². The average Bonchev–Trinajstić information content (AvgIpc) is 2.72. The second-order valence-electron chi connectivity index (χ2n) is 10.2. The fraction of sp³-hybridized carbons (Fsp3) is 0.864. The summed E-state index contributed by atoms with van der Waals surface area (Å²) in [4.78, 5) is 43.2. The summed E-state index contributed by atoms with van der Waals surface area (Å²) in [5.41, 5.74) is -1.11. The molecule has 4 saturated carbocycles. The molecular weight excluding hydrogens is 386 g/mol. The van der Waals surface area contributed by atoms with Crippen LogP contribution in [0.1, 0.15) is 38.5 Å². The Kier molecular flexibility index (Phi) is 5.83. The van der Waals surface area contributed by atoms with Crippen molar-refractivity contribution in [2.24, 2.45) is 22.7 Å². The van der Waals surface area contributed by atoms with Crippen LogP contribution in [0.2, 0.25) is 0 Å². The van der Waals surface area contributed by atoms with E-state index >= 15 is 0 Å². The first-order chi connectivity index (χ1) is 14.3. The highest BCUT2D eigenvalue weighted by molar-refractivity contribution is 5.90. The Morgan fingerprint density at radius 1 is 0.967 bits per heavy atom. The third-order valence-electron chi connectivity index (χ3n) is 7.99. The molecular formula is C22H35N3O5. The van der Waals surface area contributed by atoms with Crippen LogP contribution >= 0.6 is 0 Å². The van der Waals surface area contributed by atoms with Crippen LogP contribution in [-0.4, -0.2) is 87.7 Å². The number of amides is 1. The molecule has 30 heavy (non-hydrogen) atoms. The lowest BCUT2D eigenvalue weighted by atomic mass is 9.44. The molecule has 1 amide bonds. The van der Waals surface area contributed by atoms with E-state index in [0.717, 1.165) is 58.3 Å². The Bertz CT molecular complexity index is 689. The molecule has 0 spiro atoms. The highest BCUT2D eigenvalue weighted by Gasteiger charge is 2.63. The minimum absolute atomic E-state index is 0.0885. The fourth-order valence-corrected chi connectivity index (χ4v) is 6.90. The highest BCUT2D eigenvalue weighted by Crippen LogP contribution is 2.65. The molecule has 0 aromatic carbocycles. The normalized spacial score (nSPS) is 36.9. The van der Waals surface area contributed by atoms with Crippen LogP contribution in [-0.2, 0) is 23.9 Å². The van der Waals surface area contributed by atoms with Crippen LogP contribution in [0.15, 0.2) is 0 Å². The van der Waals surface area contributed by atoms with Crippen LogP contribution in [0, 0.1) is 22.7 Å². The molecule has 1 saturated heterocycles. The van der Waals surface area contributed by atoms with Gasteiger partial charge in [-0.3, -0.25) is 14.5 Å². The van der Waals surface area contributed by atoms with E-state index in [1.807, 2.05) is 0 Å². The highest BCUT2D eigenvalue weighted by atomic mass is 16.5. The van der Waals surface area contributed by atoms with Gasteiger partial charge in [0, 0.05) is 32.7 Å². The van der Waals surface area contributed by atoms with E-state index < -0.39 is 22.8 Å². The van der Waals surface area contributed by atoms with Crippen molar-refractivity contribution in [1.82, 2.24) is 15.1 Å². The molecule has 168 valence electrons. The zero-order valence-corrected chi connectivity index (χ0v) is 18.4. The summed E-state index contributed by atoms with van der Waals surface area (Å²) in [7, 11) is 4.89. The quantitative estimate of drug-likeness (QED) is 0.630. The Morgan fingerprint density at radius 3 is 2.13 bits per heavy atom. The minimum atomic E-state index is -0.687. The van der Waals surface area contributed by atoms with Gasteiger partial charge in [0.15, 0.2) is 0 Å². The lowest BCUT2D eigenvalue weighted by Gasteiger charge is -2.59. The third kappa shape index (κ3) is 3.84. The molecule has 1 N–H and O–H groups in total. The molecule has 0 aromatic rings. The van der Waals surface area contributed by atoms with Crippen molar-refractivity contribution in [1.29, 1.82) is 0 Å². The van der Waals surface area contributed by atoms with Crippen molar-refractivity contribution < 1.29 is 23.9 Å². The van der Waals surface area contributed by atoms with E-state index in [1.165, 1.54) is 14.2 Å². The van der Waals surface area contributed by atoms with Gasteiger partial charge in [-0.05, 0) is 57.4 Å². The standard InChI is InChI=1S/C22H35N3O5/c1-24-4-6-25(7-5-24)13-17(18(26)29-2)23-19(27)21-9-15-8-16(10-21)12-22(11-15,14-21)20(28)30-3/h15-17H,4-14H2,1-3H3,(H,23,27). The molecule has 3 atom stereocenters. The third-order valence-corrected chi connectivity index (χ3v) is 7.99. The Labute approximate surface area is 178 Å². The average molecular weight is 422 g/mol. The second kappa shape index (κ2) is 8.11. The molecule has 5 aliphatic rings. The van der Waals surface area contributed by atoms with Gasteiger partial charge in [-0.15, -0.1) is 0 Å². The summed E-state index contributed by atoms with van der Waals surface area (Å²) >= 11 is 0. The number of likely N-dealkylation sites (N-methyl/N-ethyl adjacent to an activating group) is 1. The maximum absolute atomic E-state index is 13.6. The largest absolute Gasteiger partial charge is 0.469 e. The number of carbonyl (C=O) groups is 3. The lowest BCUT2D eigenvalue weighted by molar-refractivity contribution is -0.182. The molecule has 4 bridgehead atoms. The van der Waals surface area contributed by atoms with Crippen LogP contribution in [0.4, 0.5) is 0 Å². The number of hydrogen-bond acceptors (Lipinski definition) is 7. The Hall–Kier alpha value is -1.67. The van der Waals surface area contributed by atoms with Gasteiger partial charge < -0.3 is 19.7 Å². The molecule has 4 aliphatic carbocycles. The van der Waals surface area contributed by atoms with Crippen LogP contribution in [0.5, 0.6) is 0 Å². The first kappa shape index (κ1) is 21.6. The number of methoxy groups -OCH3 is 2. The van der Waals surface area contributed by atoms with Crippen molar-refractivity contribution in [3.05, 3.63) is 0 Å². The van der Waals surface area contributed by atoms with E-state index in [4.69, 9.17) is 9.47 Å². The van der Waals surface area contributed by atoms with Gasteiger partial charge in [0.05, 0.1) is 25.0 Å². The molecule has 8 heteroatoms. The second-order valence-corrected chi connectivity index (χ2v) is 10.2. The van der Waals surface area contributed by atoms with Crippen molar-refractivity contribution >= 4 is 17.8 Å². The molecule has 1 heterocycles. The topological polar surface area (TPSA) is 88.2 Å². The summed E-state index contributed by atoms with van der Waals surface area (Å²) in [6.07, 6.45) is 4.89. The predicted octanol–water partition coefficient (Wildman–Crippen LogP) is 0.651. The Morgan fingerprint density at radius 2 is 1.57 bits per heavy atom. The van der Waals surface area contributed by atoms with Crippen molar-refractivity contribution in [3.8, 4) is 0 Å². The number of nitrogens with zero attached hydrogens (tertiary/aromatic N) is 2. The molecule has 5 fully saturated rings. The van der Waals surface area contributed by atoms with Gasteiger partial charge >= 0.3 is 11.9 Å². The molecule has 0 aromatic heterocycles. The number of nitrogens with one attached hydrogen (secondary N) is 1. The first-order valence-electron chi connectivity index (χ1n) is 11.2. The van der Waals surface area contributed by atoms with Crippen molar-refractivity contribution in [3.63, 3.8) is 0 Å². The van der Waals surface area contributed by atoms with Crippen LogP contribution in [0.25, 0.3) is 0 Å². The SMILES string of the molecule is COC(=O)C(CN1CCN(C)CC1)NC(=O)C12CC3CC(C1)CC(C(=O)OC)(C3)C2. The van der Waals surface area contributed by atoms with Gasteiger partial charge in [0.1, 0.15) is 6.04 Å². The number of ether oxygens (including phenoxy) is 2.